The average molecular weight is 322 g/mol. The minimum atomic E-state index is 0. The van der Waals surface area contributed by atoms with Crippen molar-refractivity contribution >= 4 is 41.3 Å². The van der Waals surface area contributed by atoms with Gasteiger partial charge in [0.1, 0.15) is 0 Å². The van der Waals surface area contributed by atoms with Crippen LogP contribution in [0.3, 0.4) is 0 Å². The highest BCUT2D eigenvalue weighted by molar-refractivity contribution is 6.92. The van der Waals surface area contributed by atoms with Crippen LogP contribution < -0.4 is 0 Å². The summed E-state index contributed by atoms with van der Waals surface area (Å²) in [6, 6.07) is 30.2. The topological polar surface area (TPSA) is 0 Å². The van der Waals surface area contributed by atoms with E-state index in [0.29, 0.717) is 0 Å². The molecule has 0 fully saturated rings. The summed E-state index contributed by atoms with van der Waals surface area (Å²) >= 11 is 0. The molecule has 0 aromatic heterocycles. The first-order valence-corrected chi connectivity index (χ1v) is 6.89. The summed E-state index contributed by atoms with van der Waals surface area (Å²) in [6.07, 6.45) is 0. The maximum Gasteiger partial charge on any atom is -0.00992 e. The quantitative estimate of drug-likeness (QED) is 0.390. The Kier molecular flexibility index (Phi) is 5.30. The molecule has 4 rings (SSSR count). The third kappa shape index (κ3) is 2.78. The Bertz CT molecular complexity index is 825. The zero-order valence-corrected chi connectivity index (χ0v) is 15.3. The minimum absolute atomic E-state index is 0. The second-order valence-corrected chi connectivity index (χ2v) is 5.05. The molecule has 0 nitrogen and oxygen atoms in total. The average Bonchev–Trinajstić information content (AvgIpc) is 2.54. The fourth-order valence-corrected chi connectivity index (χ4v) is 2.92. The molecule has 0 aliphatic carbocycles. The third-order valence-electron chi connectivity index (χ3n) is 3.87. The summed E-state index contributed by atoms with van der Waals surface area (Å²) in [5.74, 6) is 0. The van der Waals surface area contributed by atoms with Gasteiger partial charge in [-0.15, -0.1) is 0 Å². The molecule has 0 saturated heterocycles. The van der Waals surface area contributed by atoms with E-state index in [0.717, 1.165) is 0 Å². The monoisotopic (exact) mass is 322 g/mol. The summed E-state index contributed by atoms with van der Waals surface area (Å²) in [5, 5.41) is 5.20. The van der Waals surface area contributed by atoms with Gasteiger partial charge < -0.3 is 0 Å². The molecular formula is C20H20P2. The summed E-state index contributed by atoms with van der Waals surface area (Å²) < 4.78 is 0. The van der Waals surface area contributed by atoms with Crippen LogP contribution in [-0.2, 0) is 0 Å². The van der Waals surface area contributed by atoms with Gasteiger partial charge in [0.25, 0.3) is 0 Å². The van der Waals surface area contributed by atoms with Gasteiger partial charge >= 0.3 is 0 Å². The third-order valence-corrected chi connectivity index (χ3v) is 3.87. The second-order valence-electron chi connectivity index (χ2n) is 5.05. The fourth-order valence-electron chi connectivity index (χ4n) is 2.92. The molecule has 0 N–H and O–H groups in total. The minimum Gasteiger partial charge on any atom is -0.153 e. The van der Waals surface area contributed by atoms with Gasteiger partial charge in [-0.25, -0.2) is 0 Å². The van der Waals surface area contributed by atoms with Crippen LogP contribution >= 0.6 is 19.8 Å². The zero-order chi connectivity index (χ0) is 13.4. The van der Waals surface area contributed by atoms with E-state index in [9.17, 15) is 0 Å². The Morgan fingerprint density at radius 2 is 0.727 bits per heavy atom. The molecule has 4 aromatic carbocycles. The van der Waals surface area contributed by atoms with Gasteiger partial charge in [0.05, 0.1) is 0 Å². The fraction of sp³-hybridized carbons (Fsp3) is 0. The van der Waals surface area contributed by atoms with Gasteiger partial charge in [0, 0.05) is 0 Å². The first kappa shape index (κ1) is 16.6. The molecule has 0 bridgehead atoms. The maximum absolute atomic E-state index is 2.21. The summed E-state index contributed by atoms with van der Waals surface area (Å²) in [7, 11) is 0. The molecule has 0 saturated carbocycles. The number of hydrogen-bond acceptors (Lipinski definition) is 0. The van der Waals surface area contributed by atoms with E-state index in [1.54, 1.807) is 0 Å². The Morgan fingerprint density at radius 3 is 1.18 bits per heavy atom. The van der Waals surface area contributed by atoms with Gasteiger partial charge in [0.15, 0.2) is 0 Å². The Hall–Kier alpha value is -1.74. The van der Waals surface area contributed by atoms with Crippen LogP contribution in [-0.4, -0.2) is 0 Å². The Labute approximate surface area is 137 Å². The van der Waals surface area contributed by atoms with Crippen LogP contribution in [0.2, 0.25) is 0 Å². The van der Waals surface area contributed by atoms with E-state index in [1.807, 2.05) is 0 Å². The highest BCUT2D eigenvalue weighted by Gasteiger charge is 2.06. The predicted molar refractivity (Wildman–Crippen MR) is 109 cm³/mol. The van der Waals surface area contributed by atoms with Crippen molar-refractivity contribution in [2.24, 2.45) is 0 Å². The van der Waals surface area contributed by atoms with Crippen molar-refractivity contribution in [3.63, 3.8) is 0 Å². The van der Waals surface area contributed by atoms with Crippen LogP contribution in [0, 0.1) is 0 Å². The normalized spacial score (nSPS) is 10.0. The van der Waals surface area contributed by atoms with E-state index in [2.05, 4.69) is 84.9 Å². The van der Waals surface area contributed by atoms with Crippen molar-refractivity contribution < 1.29 is 0 Å². The lowest BCUT2D eigenvalue weighted by Crippen LogP contribution is -1.83. The zero-order valence-electron chi connectivity index (χ0n) is 12.5. The van der Waals surface area contributed by atoms with Gasteiger partial charge in [-0.2, -0.15) is 19.8 Å². The van der Waals surface area contributed by atoms with Gasteiger partial charge in [-0.05, 0) is 32.7 Å². The molecule has 2 atom stereocenters. The molecule has 110 valence electrons. The van der Waals surface area contributed by atoms with E-state index in [1.165, 1.54) is 32.7 Å². The van der Waals surface area contributed by atoms with E-state index in [4.69, 9.17) is 0 Å². The first-order chi connectivity index (χ1) is 9.93. The van der Waals surface area contributed by atoms with Crippen molar-refractivity contribution in [1.29, 1.82) is 0 Å². The van der Waals surface area contributed by atoms with Crippen molar-refractivity contribution in [2.75, 3.05) is 0 Å². The predicted octanol–water partition coefficient (Wildman–Crippen LogP) is 5.78. The molecular weight excluding hydrogens is 302 g/mol. The highest BCUT2D eigenvalue weighted by atomic mass is 31.0. The molecule has 2 heteroatoms. The van der Waals surface area contributed by atoms with Crippen molar-refractivity contribution in [3.05, 3.63) is 84.9 Å². The first-order valence-electron chi connectivity index (χ1n) is 6.89. The van der Waals surface area contributed by atoms with Crippen LogP contribution in [0.4, 0.5) is 0 Å². The van der Waals surface area contributed by atoms with E-state index in [-0.39, 0.29) is 19.8 Å². The van der Waals surface area contributed by atoms with E-state index < -0.39 is 0 Å². The van der Waals surface area contributed by atoms with Gasteiger partial charge in [0.2, 0.25) is 0 Å². The largest absolute Gasteiger partial charge is 0.153 e. The van der Waals surface area contributed by atoms with Crippen LogP contribution in [0.25, 0.3) is 32.7 Å². The Balaban J connectivity index is 0.000000882. The van der Waals surface area contributed by atoms with Crippen LogP contribution in [0.5, 0.6) is 0 Å². The van der Waals surface area contributed by atoms with Gasteiger partial charge in [-0.1, -0.05) is 84.9 Å². The standard InChI is InChI=1S/C20H14.2H3P/c1-3-11-17-15(7-1)9-5-13-19(17)20-14-6-10-16-8-2-4-12-18(16)20;;/h1-14H;2*1H3. The van der Waals surface area contributed by atoms with Crippen molar-refractivity contribution in [2.45, 2.75) is 0 Å². The summed E-state index contributed by atoms with van der Waals surface area (Å²) in [5.41, 5.74) is 2.61. The number of fused-ring (bicyclic) bond motifs is 2. The molecule has 0 aliphatic heterocycles. The molecule has 22 heavy (non-hydrogen) atoms. The van der Waals surface area contributed by atoms with Crippen molar-refractivity contribution in [1.82, 2.24) is 0 Å². The number of benzene rings is 4. The Morgan fingerprint density at radius 1 is 0.364 bits per heavy atom. The molecule has 0 amide bonds. The molecule has 0 radical (unpaired) electrons. The summed E-state index contributed by atoms with van der Waals surface area (Å²) in [4.78, 5) is 0. The van der Waals surface area contributed by atoms with Gasteiger partial charge in [-0.3, -0.25) is 0 Å². The molecule has 0 heterocycles. The lowest BCUT2D eigenvalue weighted by Gasteiger charge is -2.10. The SMILES string of the molecule is P.P.c1ccc2c(-c3cccc4ccccc34)cccc2c1. The number of rotatable bonds is 1. The van der Waals surface area contributed by atoms with Crippen molar-refractivity contribution in [3.8, 4) is 11.1 Å². The number of hydrogen-bond donors (Lipinski definition) is 0. The smallest absolute Gasteiger partial charge is 0.00992 e. The molecule has 4 aromatic rings. The lowest BCUT2D eigenvalue weighted by molar-refractivity contribution is 1.68. The summed E-state index contributed by atoms with van der Waals surface area (Å²) in [6.45, 7) is 0. The van der Waals surface area contributed by atoms with Crippen LogP contribution in [0.1, 0.15) is 0 Å². The molecule has 2 unspecified atom stereocenters. The van der Waals surface area contributed by atoms with E-state index >= 15 is 0 Å². The molecule has 0 aliphatic rings. The lowest BCUT2D eigenvalue weighted by atomic mass is 9.94. The molecule has 0 spiro atoms. The van der Waals surface area contributed by atoms with Crippen LogP contribution in [0.15, 0.2) is 84.9 Å². The maximum atomic E-state index is 2.21. The second kappa shape index (κ2) is 7.01. The highest BCUT2D eigenvalue weighted by Crippen LogP contribution is 2.33.